The van der Waals surface area contributed by atoms with Crippen LogP contribution in [0.15, 0.2) is 15.8 Å². The second-order valence-electron chi connectivity index (χ2n) is 6.18. The molecule has 13 heteroatoms. The molecule has 2 heterocycles. The third-order valence-electron chi connectivity index (χ3n) is 3.87. The van der Waals surface area contributed by atoms with Gasteiger partial charge < -0.3 is 29.1 Å². The molecular weight excluding hydrogens is 411 g/mol. The summed E-state index contributed by atoms with van der Waals surface area (Å²) in [6, 6.07) is 0. The van der Waals surface area contributed by atoms with Crippen LogP contribution in [0.3, 0.4) is 0 Å². The maximum Gasteiger partial charge on any atom is 0.469 e. The number of hydrogen-bond acceptors (Lipinski definition) is 8. The van der Waals surface area contributed by atoms with Gasteiger partial charge >= 0.3 is 13.5 Å². The van der Waals surface area contributed by atoms with Gasteiger partial charge in [-0.3, -0.25) is 18.9 Å². The molecule has 2 rings (SSSR count). The zero-order valence-electron chi connectivity index (χ0n) is 16.8. The maximum absolute atomic E-state index is 11.7. The van der Waals surface area contributed by atoms with Crippen molar-refractivity contribution in [3.8, 4) is 0 Å². The normalized spacial score (nSPS) is 21.9. The van der Waals surface area contributed by atoms with Crippen LogP contribution in [0.2, 0.25) is 0 Å². The number of phosphoric ester groups is 1. The minimum absolute atomic E-state index is 0.0283. The summed E-state index contributed by atoms with van der Waals surface area (Å²) < 4.78 is 31.5. The lowest BCUT2D eigenvalue weighted by Crippen LogP contribution is -2.33. The second-order valence-corrected chi connectivity index (χ2v) is 7.41. The molecule has 1 saturated heterocycles. The van der Waals surface area contributed by atoms with E-state index in [-0.39, 0.29) is 12.7 Å². The number of ether oxygens (including phenoxy) is 3. The van der Waals surface area contributed by atoms with Gasteiger partial charge in [-0.2, -0.15) is 0 Å². The van der Waals surface area contributed by atoms with Gasteiger partial charge in [0.15, 0.2) is 6.29 Å². The van der Waals surface area contributed by atoms with E-state index >= 15 is 0 Å². The van der Waals surface area contributed by atoms with E-state index in [2.05, 4.69) is 9.51 Å². The smallest absolute Gasteiger partial charge is 0.390 e. The average molecular weight is 440 g/mol. The molecule has 0 saturated carbocycles. The molecule has 0 aliphatic carbocycles. The predicted octanol–water partition coefficient (Wildman–Crippen LogP) is 0.00812. The molecule has 0 aromatic carbocycles. The van der Waals surface area contributed by atoms with Crippen molar-refractivity contribution in [1.82, 2.24) is 9.55 Å². The van der Waals surface area contributed by atoms with E-state index in [1.807, 2.05) is 20.8 Å². The summed E-state index contributed by atoms with van der Waals surface area (Å²) in [6.07, 6.45) is -1.61. The van der Waals surface area contributed by atoms with Gasteiger partial charge in [0, 0.05) is 31.4 Å². The minimum atomic E-state index is -4.67. The highest BCUT2D eigenvalue weighted by Gasteiger charge is 2.37. The van der Waals surface area contributed by atoms with Gasteiger partial charge in [0.25, 0.3) is 5.56 Å². The van der Waals surface area contributed by atoms with E-state index in [1.165, 1.54) is 13.1 Å². The Labute approximate surface area is 167 Å². The maximum atomic E-state index is 11.7. The lowest BCUT2D eigenvalue weighted by Gasteiger charge is -2.16. The summed E-state index contributed by atoms with van der Waals surface area (Å²) in [4.78, 5) is 42.3. The van der Waals surface area contributed by atoms with Crippen molar-refractivity contribution >= 4 is 7.82 Å². The van der Waals surface area contributed by atoms with Gasteiger partial charge in [0.05, 0.1) is 12.7 Å². The third-order valence-corrected chi connectivity index (χ3v) is 4.36. The number of aliphatic hydroxyl groups is 1. The van der Waals surface area contributed by atoms with Crippen LogP contribution in [0.1, 0.15) is 39.0 Å². The molecule has 1 aromatic heterocycles. The van der Waals surface area contributed by atoms with E-state index in [9.17, 15) is 19.3 Å². The first-order valence-corrected chi connectivity index (χ1v) is 10.6. The summed E-state index contributed by atoms with van der Waals surface area (Å²) in [5, 5.41) is 9.79. The Hall–Kier alpha value is -1.37. The number of aromatic amines is 1. The van der Waals surface area contributed by atoms with Crippen LogP contribution < -0.4 is 11.2 Å². The molecule has 1 fully saturated rings. The molecule has 0 spiro atoms. The number of phosphoric acid groups is 1. The Morgan fingerprint density at radius 2 is 1.90 bits per heavy atom. The Kier molecular flexibility index (Phi) is 10.4. The number of H-pyrrole nitrogens is 1. The first-order valence-electron chi connectivity index (χ1n) is 9.07. The first-order chi connectivity index (χ1) is 13.5. The molecule has 0 amide bonds. The number of hydrogen-bond donors (Lipinski definition) is 4. The highest BCUT2D eigenvalue weighted by Crippen LogP contribution is 2.38. The van der Waals surface area contributed by atoms with Crippen molar-refractivity contribution in [2.45, 2.75) is 58.8 Å². The number of rotatable bonds is 8. The summed E-state index contributed by atoms with van der Waals surface area (Å²) in [5.41, 5.74) is -0.918. The van der Waals surface area contributed by atoms with Crippen molar-refractivity contribution in [3.05, 3.63) is 32.6 Å². The standard InChI is InChI=1S/C10H15N2O8P.C6H14O2/c1-5-3-12(10(15)11-9(5)14)8-2-6(13)7(20-8)4-19-21(16,17)18;1-4-7-6(3)8-5-2/h3,6-8,13H,2,4H2,1H3,(H,11,14,15)(H2,16,17,18);6H,4-5H2,1-3H3/t6-,7+,8+;/m0./s1. The lowest BCUT2D eigenvalue weighted by atomic mass is 10.2. The molecule has 29 heavy (non-hydrogen) atoms. The largest absolute Gasteiger partial charge is 0.469 e. The highest BCUT2D eigenvalue weighted by atomic mass is 31.2. The molecule has 1 aliphatic heterocycles. The van der Waals surface area contributed by atoms with Crippen LogP contribution in [-0.4, -0.2) is 62.8 Å². The Morgan fingerprint density at radius 1 is 1.31 bits per heavy atom. The molecule has 0 unspecified atom stereocenters. The molecule has 12 nitrogen and oxygen atoms in total. The van der Waals surface area contributed by atoms with E-state index in [0.29, 0.717) is 5.56 Å². The molecule has 0 bridgehead atoms. The molecular formula is C16H29N2O10P. The van der Waals surface area contributed by atoms with Gasteiger partial charge in [-0.15, -0.1) is 0 Å². The van der Waals surface area contributed by atoms with Crippen molar-refractivity contribution < 1.29 is 38.2 Å². The van der Waals surface area contributed by atoms with Crippen LogP contribution >= 0.6 is 7.82 Å². The van der Waals surface area contributed by atoms with Crippen LogP contribution in [0.4, 0.5) is 0 Å². The monoisotopic (exact) mass is 440 g/mol. The number of aromatic nitrogens is 2. The van der Waals surface area contributed by atoms with Gasteiger partial charge in [0.1, 0.15) is 12.3 Å². The number of aliphatic hydroxyl groups excluding tert-OH is 1. The fourth-order valence-corrected chi connectivity index (χ4v) is 2.87. The van der Waals surface area contributed by atoms with E-state index in [1.54, 1.807) is 0 Å². The fourth-order valence-electron chi connectivity index (χ4n) is 2.52. The van der Waals surface area contributed by atoms with Gasteiger partial charge in [-0.05, 0) is 27.7 Å². The van der Waals surface area contributed by atoms with Crippen molar-refractivity contribution in [2.75, 3.05) is 19.8 Å². The Bertz CT molecular complexity index is 783. The van der Waals surface area contributed by atoms with Crippen LogP contribution in [-0.2, 0) is 23.3 Å². The van der Waals surface area contributed by atoms with Gasteiger partial charge in [-0.1, -0.05) is 0 Å². The molecule has 3 atom stereocenters. The highest BCUT2D eigenvalue weighted by molar-refractivity contribution is 7.46. The molecule has 4 N–H and O–H groups in total. The number of nitrogens with one attached hydrogen (secondary N) is 1. The van der Waals surface area contributed by atoms with Crippen molar-refractivity contribution in [1.29, 1.82) is 0 Å². The summed E-state index contributed by atoms with van der Waals surface area (Å²) in [6.45, 7) is 8.24. The van der Waals surface area contributed by atoms with E-state index in [0.717, 1.165) is 17.8 Å². The number of nitrogens with zero attached hydrogens (tertiary/aromatic N) is 1. The fraction of sp³-hybridized carbons (Fsp3) is 0.750. The molecule has 168 valence electrons. The summed E-state index contributed by atoms with van der Waals surface area (Å²) in [7, 11) is -4.67. The van der Waals surface area contributed by atoms with E-state index in [4.69, 9.17) is 24.0 Å². The van der Waals surface area contributed by atoms with Gasteiger partial charge in [0.2, 0.25) is 0 Å². The average Bonchev–Trinajstić information content (AvgIpc) is 2.97. The van der Waals surface area contributed by atoms with E-state index < -0.39 is 44.1 Å². The predicted molar refractivity (Wildman–Crippen MR) is 101 cm³/mol. The Morgan fingerprint density at radius 3 is 2.41 bits per heavy atom. The SMILES string of the molecule is CCOC(C)OCC.Cc1cn([C@H]2C[C@H](O)[C@@H](COP(=O)(O)O)O2)c(=O)[nH]c1=O. The summed E-state index contributed by atoms with van der Waals surface area (Å²) in [5.74, 6) is 0. The third kappa shape index (κ3) is 8.89. The summed E-state index contributed by atoms with van der Waals surface area (Å²) >= 11 is 0. The number of aryl methyl sites for hydroxylation is 1. The topological polar surface area (TPSA) is 170 Å². The molecule has 1 aromatic rings. The second kappa shape index (κ2) is 11.7. The quantitative estimate of drug-likeness (QED) is 0.319. The minimum Gasteiger partial charge on any atom is -0.390 e. The molecule has 0 radical (unpaired) electrons. The Balaban J connectivity index is 0.000000447. The zero-order chi connectivity index (χ0) is 22.2. The van der Waals surface area contributed by atoms with Crippen LogP contribution in [0.25, 0.3) is 0 Å². The first kappa shape index (κ1) is 25.7. The lowest BCUT2D eigenvalue weighted by molar-refractivity contribution is -0.123. The zero-order valence-corrected chi connectivity index (χ0v) is 17.7. The van der Waals surface area contributed by atoms with Crippen molar-refractivity contribution in [3.63, 3.8) is 0 Å². The van der Waals surface area contributed by atoms with Crippen LogP contribution in [0, 0.1) is 6.92 Å². The van der Waals surface area contributed by atoms with Gasteiger partial charge in [-0.25, -0.2) is 9.36 Å². The van der Waals surface area contributed by atoms with Crippen LogP contribution in [0.5, 0.6) is 0 Å². The molecule has 1 aliphatic rings. The van der Waals surface area contributed by atoms with Crippen molar-refractivity contribution in [2.24, 2.45) is 0 Å².